The Kier molecular flexibility index (Phi) is 3.70. The van der Waals surface area contributed by atoms with Crippen LogP contribution in [0.3, 0.4) is 0 Å². The molecule has 1 rings (SSSR count). The Bertz CT molecular complexity index is 261. The van der Waals surface area contributed by atoms with E-state index in [2.05, 4.69) is 12.2 Å². The van der Waals surface area contributed by atoms with Gasteiger partial charge in [-0.3, -0.25) is 5.32 Å². The molecule has 0 aliphatic heterocycles. The SMILES string of the molecule is CCC[N]c1ccc(Cl)c(Cl)c1. The van der Waals surface area contributed by atoms with Gasteiger partial charge >= 0.3 is 0 Å². The highest BCUT2D eigenvalue weighted by molar-refractivity contribution is 6.42. The third-order valence-corrected chi connectivity index (χ3v) is 2.16. The van der Waals surface area contributed by atoms with Gasteiger partial charge in [-0.25, -0.2) is 0 Å². The Balaban J connectivity index is 2.69. The molecule has 0 spiro atoms. The fraction of sp³-hybridized carbons (Fsp3) is 0.333. The van der Waals surface area contributed by atoms with Gasteiger partial charge in [-0.2, -0.15) is 0 Å². The van der Waals surface area contributed by atoms with Crippen LogP contribution in [0.4, 0.5) is 5.69 Å². The van der Waals surface area contributed by atoms with E-state index < -0.39 is 0 Å². The zero-order valence-electron chi connectivity index (χ0n) is 6.85. The topological polar surface area (TPSA) is 14.1 Å². The van der Waals surface area contributed by atoms with Crippen molar-refractivity contribution in [3.05, 3.63) is 28.2 Å². The molecule has 0 unspecified atom stereocenters. The van der Waals surface area contributed by atoms with Crippen LogP contribution in [0.15, 0.2) is 18.2 Å². The van der Waals surface area contributed by atoms with Crippen molar-refractivity contribution in [3.63, 3.8) is 0 Å². The van der Waals surface area contributed by atoms with Crippen LogP contribution in [0.5, 0.6) is 0 Å². The van der Waals surface area contributed by atoms with Crippen LogP contribution in [0, 0.1) is 0 Å². The Hall–Kier alpha value is -0.400. The van der Waals surface area contributed by atoms with Crippen LogP contribution in [0.25, 0.3) is 0 Å². The van der Waals surface area contributed by atoms with Gasteiger partial charge in [-0.1, -0.05) is 30.1 Å². The zero-order chi connectivity index (χ0) is 8.97. The summed E-state index contributed by atoms with van der Waals surface area (Å²) in [7, 11) is 0. The molecule has 0 N–H and O–H groups in total. The summed E-state index contributed by atoms with van der Waals surface area (Å²) in [6.45, 7) is 2.92. The lowest BCUT2D eigenvalue weighted by Crippen LogP contribution is -1.97. The molecule has 0 amide bonds. The molecule has 0 atom stereocenters. The molecule has 0 heterocycles. The summed E-state index contributed by atoms with van der Waals surface area (Å²) < 4.78 is 0. The molecule has 1 nitrogen and oxygen atoms in total. The minimum absolute atomic E-state index is 0.564. The molecule has 0 aliphatic carbocycles. The van der Waals surface area contributed by atoms with Crippen molar-refractivity contribution < 1.29 is 0 Å². The van der Waals surface area contributed by atoms with Gasteiger partial charge in [0.25, 0.3) is 0 Å². The molecule has 0 aromatic heterocycles. The summed E-state index contributed by atoms with van der Waals surface area (Å²) in [5, 5.41) is 5.42. The number of hydrogen-bond acceptors (Lipinski definition) is 0. The smallest absolute Gasteiger partial charge is 0.0613 e. The van der Waals surface area contributed by atoms with Gasteiger partial charge in [-0.15, -0.1) is 0 Å². The van der Waals surface area contributed by atoms with E-state index in [0.717, 1.165) is 18.7 Å². The Morgan fingerprint density at radius 3 is 2.58 bits per heavy atom. The molecule has 12 heavy (non-hydrogen) atoms. The van der Waals surface area contributed by atoms with E-state index in [-0.39, 0.29) is 0 Å². The van der Waals surface area contributed by atoms with Crippen LogP contribution in [0.2, 0.25) is 10.0 Å². The van der Waals surface area contributed by atoms with Gasteiger partial charge in [0.1, 0.15) is 0 Å². The summed E-state index contributed by atoms with van der Waals surface area (Å²) >= 11 is 11.5. The second-order valence-electron chi connectivity index (χ2n) is 2.48. The summed E-state index contributed by atoms with van der Waals surface area (Å²) in [5.41, 5.74) is 0.895. The summed E-state index contributed by atoms with van der Waals surface area (Å²) in [6, 6.07) is 5.40. The zero-order valence-corrected chi connectivity index (χ0v) is 8.36. The highest BCUT2D eigenvalue weighted by atomic mass is 35.5. The standard InChI is InChI=1S/C9H10Cl2N/c1-2-5-12-7-3-4-8(10)9(11)6-7/h3-4,6H,2,5H2,1H3. The molecule has 0 aliphatic rings. The molecule has 3 heteroatoms. The average Bonchev–Trinajstić information content (AvgIpc) is 2.07. The molecular formula is C9H10Cl2N. The molecule has 1 radical (unpaired) electrons. The first kappa shape index (κ1) is 9.69. The third kappa shape index (κ3) is 2.58. The van der Waals surface area contributed by atoms with Crippen molar-refractivity contribution in [1.82, 2.24) is 5.32 Å². The van der Waals surface area contributed by atoms with E-state index >= 15 is 0 Å². The number of halogens is 2. The maximum atomic E-state index is 5.80. The summed E-state index contributed by atoms with van der Waals surface area (Å²) in [4.78, 5) is 0. The van der Waals surface area contributed by atoms with Crippen LogP contribution in [-0.2, 0) is 0 Å². The highest BCUT2D eigenvalue weighted by Gasteiger charge is 1.98. The summed E-state index contributed by atoms with van der Waals surface area (Å²) in [6.07, 6.45) is 1.04. The van der Waals surface area contributed by atoms with E-state index in [0.29, 0.717) is 10.0 Å². The van der Waals surface area contributed by atoms with Crippen molar-refractivity contribution in [1.29, 1.82) is 0 Å². The Labute approximate surface area is 82.7 Å². The summed E-state index contributed by atoms with van der Waals surface area (Å²) in [5.74, 6) is 0. The number of hydrogen-bond donors (Lipinski definition) is 0. The van der Waals surface area contributed by atoms with Gasteiger partial charge in [0.2, 0.25) is 0 Å². The second kappa shape index (κ2) is 4.58. The normalized spacial score (nSPS) is 9.92. The van der Waals surface area contributed by atoms with E-state index in [4.69, 9.17) is 23.2 Å². The fourth-order valence-corrected chi connectivity index (χ4v) is 1.12. The van der Waals surface area contributed by atoms with Crippen molar-refractivity contribution in [2.24, 2.45) is 0 Å². The lowest BCUT2D eigenvalue weighted by Gasteiger charge is -2.02. The first-order valence-corrected chi connectivity index (χ1v) is 4.62. The average molecular weight is 203 g/mol. The first-order chi connectivity index (χ1) is 5.74. The van der Waals surface area contributed by atoms with Gasteiger partial charge in [0.05, 0.1) is 15.7 Å². The molecule has 0 fully saturated rings. The maximum Gasteiger partial charge on any atom is 0.0613 e. The van der Waals surface area contributed by atoms with Crippen molar-refractivity contribution >= 4 is 28.9 Å². The Morgan fingerprint density at radius 1 is 1.25 bits per heavy atom. The predicted octanol–water partition coefficient (Wildman–Crippen LogP) is 3.64. The lowest BCUT2D eigenvalue weighted by atomic mass is 10.3. The van der Waals surface area contributed by atoms with E-state index in [1.54, 1.807) is 12.1 Å². The van der Waals surface area contributed by atoms with Crippen molar-refractivity contribution in [3.8, 4) is 0 Å². The molecule has 0 saturated heterocycles. The lowest BCUT2D eigenvalue weighted by molar-refractivity contribution is 0.805. The van der Waals surface area contributed by atoms with Crippen LogP contribution >= 0.6 is 23.2 Å². The molecule has 1 aromatic rings. The molecular weight excluding hydrogens is 193 g/mol. The molecule has 65 valence electrons. The monoisotopic (exact) mass is 202 g/mol. The first-order valence-electron chi connectivity index (χ1n) is 3.86. The minimum atomic E-state index is 0.564. The van der Waals surface area contributed by atoms with Gasteiger partial charge in [-0.05, 0) is 24.6 Å². The Morgan fingerprint density at radius 2 is 2.00 bits per heavy atom. The number of nitrogens with zero attached hydrogens (tertiary/aromatic N) is 1. The van der Waals surface area contributed by atoms with E-state index in [9.17, 15) is 0 Å². The highest BCUT2D eigenvalue weighted by Crippen LogP contribution is 2.24. The van der Waals surface area contributed by atoms with Crippen molar-refractivity contribution in [2.45, 2.75) is 13.3 Å². The molecule has 0 bridgehead atoms. The number of benzene rings is 1. The third-order valence-electron chi connectivity index (χ3n) is 1.42. The van der Waals surface area contributed by atoms with Gasteiger partial charge in [0.15, 0.2) is 0 Å². The van der Waals surface area contributed by atoms with Crippen LogP contribution in [0.1, 0.15) is 13.3 Å². The largest absolute Gasteiger partial charge is 0.285 e. The van der Waals surface area contributed by atoms with E-state index in [1.165, 1.54) is 0 Å². The molecule has 0 saturated carbocycles. The maximum absolute atomic E-state index is 5.80. The quantitative estimate of drug-likeness (QED) is 0.711. The molecule has 1 aromatic carbocycles. The minimum Gasteiger partial charge on any atom is -0.285 e. The predicted molar refractivity (Wildman–Crippen MR) is 53.4 cm³/mol. The van der Waals surface area contributed by atoms with Crippen LogP contribution in [-0.4, -0.2) is 6.54 Å². The van der Waals surface area contributed by atoms with E-state index in [1.807, 2.05) is 6.07 Å². The van der Waals surface area contributed by atoms with Gasteiger partial charge < -0.3 is 0 Å². The van der Waals surface area contributed by atoms with Gasteiger partial charge in [0, 0.05) is 6.54 Å². The van der Waals surface area contributed by atoms with Crippen LogP contribution < -0.4 is 5.32 Å². The second-order valence-corrected chi connectivity index (χ2v) is 3.29. The number of rotatable bonds is 3. The van der Waals surface area contributed by atoms with Crippen molar-refractivity contribution in [2.75, 3.05) is 6.54 Å². The fourth-order valence-electron chi connectivity index (χ4n) is 0.824.